The van der Waals surface area contributed by atoms with Crippen LogP contribution in [-0.4, -0.2) is 16.6 Å². The van der Waals surface area contributed by atoms with Crippen molar-refractivity contribution in [1.29, 1.82) is 0 Å². The SMILES string of the molecule is Cc1cc(C(O)c2ccccc2)cnc1N1CCCc2ccccc21. The third-order valence-corrected chi connectivity index (χ3v) is 4.87. The fourth-order valence-corrected chi connectivity index (χ4v) is 3.60. The molecular weight excluding hydrogens is 308 g/mol. The predicted molar refractivity (Wildman–Crippen MR) is 101 cm³/mol. The Hall–Kier alpha value is -2.65. The fraction of sp³-hybridized carbons (Fsp3) is 0.227. The molecule has 0 amide bonds. The zero-order chi connectivity index (χ0) is 17.2. The lowest BCUT2D eigenvalue weighted by molar-refractivity contribution is 0.220. The average molecular weight is 330 g/mol. The molecule has 1 aromatic heterocycles. The van der Waals surface area contributed by atoms with Crippen LogP contribution in [0.2, 0.25) is 0 Å². The van der Waals surface area contributed by atoms with E-state index in [0.29, 0.717) is 0 Å². The topological polar surface area (TPSA) is 36.4 Å². The molecule has 3 aromatic rings. The first-order chi connectivity index (χ1) is 12.2. The summed E-state index contributed by atoms with van der Waals surface area (Å²) in [6.45, 7) is 3.05. The number of nitrogens with zero attached hydrogens (tertiary/aromatic N) is 2. The van der Waals surface area contributed by atoms with Crippen molar-refractivity contribution in [2.75, 3.05) is 11.4 Å². The normalized spacial score (nSPS) is 14.9. The molecule has 1 unspecified atom stereocenters. The van der Waals surface area contributed by atoms with E-state index >= 15 is 0 Å². The van der Waals surface area contributed by atoms with Gasteiger partial charge in [-0.15, -0.1) is 0 Å². The number of hydrogen-bond donors (Lipinski definition) is 1. The Kier molecular flexibility index (Phi) is 4.24. The second-order valence-electron chi connectivity index (χ2n) is 6.61. The number of aliphatic hydroxyl groups excluding tert-OH is 1. The number of hydrogen-bond acceptors (Lipinski definition) is 3. The van der Waals surface area contributed by atoms with Gasteiger partial charge in [-0.1, -0.05) is 48.5 Å². The molecule has 0 saturated heterocycles. The van der Waals surface area contributed by atoms with Crippen LogP contribution in [0.5, 0.6) is 0 Å². The van der Waals surface area contributed by atoms with Crippen molar-refractivity contribution in [2.45, 2.75) is 25.9 Å². The van der Waals surface area contributed by atoms with Crippen molar-refractivity contribution in [2.24, 2.45) is 0 Å². The molecule has 1 atom stereocenters. The maximum absolute atomic E-state index is 10.6. The molecule has 2 aromatic carbocycles. The van der Waals surface area contributed by atoms with E-state index in [0.717, 1.165) is 41.9 Å². The largest absolute Gasteiger partial charge is 0.384 e. The number of aromatic nitrogens is 1. The summed E-state index contributed by atoms with van der Waals surface area (Å²) in [6.07, 6.45) is 3.41. The Morgan fingerprint density at radius 2 is 1.76 bits per heavy atom. The van der Waals surface area contributed by atoms with Gasteiger partial charge in [0.2, 0.25) is 0 Å². The second kappa shape index (κ2) is 6.69. The summed E-state index contributed by atoms with van der Waals surface area (Å²) in [5.41, 5.74) is 5.44. The summed E-state index contributed by atoms with van der Waals surface area (Å²) in [6, 6.07) is 20.3. The summed E-state index contributed by atoms with van der Waals surface area (Å²) in [7, 11) is 0. The summed E-state index contributed by atoms with van der Waals surface area (Å²) >= 11 is 0. The maximum atomic E-state index is 10.6. The van der Waals surface area contributed by atoms with Gasteiger partial charge in [-0.2, -0.15) is 0 Å². The molecule has 126 valence electrons. The third-order valence-electron chi connectivity index (χ3n) is 4.87. The smallest absolute Gasteiger partial charge is 0.135 e. The highest BCUT2D eigenvalue weighted by Gasteiger charge is 2.21. The molecule has 1 aliphatic rings. The fourth-order valence-electron chi connectivity index (χ4n) is 3.60. The quantitative estimate of drug-likeness (QED) is 0.765. The first-order valence-corrected chi connectivity index (χ1v) is 8.79. The molecule has 0 aliphatic carbocycles. The summed E-state index contributed by atoms with van der Waals surface area (Å²) < 4.78 is 0. The van der Waals surface area contributed by atoms with E-state index in [1.54, 1.807) is 6.20 Å². The Labute approximate surface area is 148 Å². The molecule has 0 spiro atoms. The highest BCUT2D eigenvalue weighted by molar-refractivity contribution is 5.67. The number of rotatable bonds is 3. The minimum Gasteiger partial charge on any atom is -0.384 e. The van der Waals surface area contributed by atoms with Gasteiger partial charge in [0.25, 0.3) is 0 Å². The van der Waals surface area contributed by atoms with Crippen LogP contribution >= 0.6 is 0 Å². The summed E-state index contributed by atoms with van der Waals surface area (Å²) in [4.78, 5) is 7.01. The minimum absolute atomic E-state index is 0.643. The molecular formula is C22H22N2O. The zero-order valence-corrected chi connectivity index (χ0v) is 14.4. The van der Waals surface area contributed by atoms with Crippen LogP contribution in [0.4, 0.5) is 11.5 Å². The standard InChI is InChI=1S/C22H22N2O/c1-16-14-19(21(25)18-9-3-2-4-10-18)15-23-22(16)24-13-7-11-17-8-5-6-12-20(17)24/h2-6,8-10,12,14-15,21,25H,7,11,13H2,1H3. The van der Waals surface area contributed by atoms with Crippen molar-refractivity contribution in [3.8, 4) is 0 Å². The molecule has 3 nitrogen and oxygen atoms in total. The molecule has 0 radical (unpaired) electrons. The lowest BCUT2D eigenvalue weighted by atomic mass is 10.00. The van der Waals surface area contributed by atoms with Crippen molar-refractivity contribution in [3.63, 3.8) is 0 Å². The van der Waals surface area contributed by atoms with E-state index in [4.69, 9.17) is 4.98 Å². The third kappa shape index (κ3) is 3.03. The van der Waals surface area contributed by atoms with E-state index in [2.05, 4.69) is 42.2 Å². The Morgan fingerprint density at radius 3 is 2.56 bits per heavy atom. The summed E-state index contributed by atoms with van der Waals surface area (Å²) in [5.74, 6) is 0.983. The number of pyridine rings is 1. The van der Waals surface area contributed by atoms with Crippen LogP contribution in [-0.2, 0) is 6.42 Å². The van der Waals surface area contributed by atoms with Gasteiger partial charge in [-0.25, -0.2) is 4.98 Å². The molecule has 0 saturated carbocycles. The van der Waals surface area contributed by atoms with E-state index < -0.39 is 6.10 Å². The summed E-state index contributed by atoms with van der Waals surface area (Å²) in [5, 5.41) is 10.6. The molecule has 2 heterocycles. The van der Waals surface area contributed by atoms with Gasteiger partial charge in [-0.05, 0) is 48.6 Å². The molecule has 1 aliphatic heterocycles. The number of benzene rings is 2. The molecule has 4 rings (SSSR count). The van der Waals surface area contributed by atoms with Gasteiger partial charge in [0.15, 0.2) is 0 Å². The number of fused-ring (bicyclic) bond motifs is 1. The number of aryl methyl sites for hydroxylation is 2. The lowest BCUT2D eigenvalue weighted by Crippen LogP contribution is -2.26. The first kappa shape index (κ1) is 15.9. The van der Waals surface area contributed by atoms with Gasteiger partial charge < -0.3 is 10.0 Å². The van der Waals surface area contributed by atoms with Crippen LogP contribution in [0.25, 0.3) is 0 Å². The van der Waals surface area contributed by atoms with Crippen molar-refractivity contribution < 1.29 is 5.11 Å². The highest BCUT2D eigenvalue weighted by atomic mass is 16.3. The predicted octanol–water partition coefficient (Wildman–Crippen LogP) is 4.56. The Bertz CT molecular complexity index is 876. The van der Waals surface area contributed by atoms with E-state index in [9.17, 15) is 5.11 Å². The van der Waals surface area contributed by atoms with Crippen molar-refractivity contribution in [3.05, 3.63) is 89.1 Å². The monoisotopic (exact) mass is 330 g/mol. The second-order valence-corrected chi connectivity index (χ2v) is 6.61. The van der Waals surface area contributed by atoms with Gasteiger partial charge in [0.1, 0.15) is 11.9 Å². The highest BCUT2D eigenvalue weighted by Crippen LogP contribution is 2.34. The molecule has 1 N–H and O–H groups in total. The maximum Gasteiger partial charge on any atom is 0.135 e. The van der Waals surface area contributed by atoms with Gasteiger partial charge in [0, 0.05) is 24.0 Å². The van der Waals surface area contributed by atoms with Crippen molar-refractivity contribution >= 4 is 11.5 Å². The molecule has 3 heteroatoms. The zero-order valence-electron chi connectivity index (χ0n) is 14.4. The lowest BCUT2D eigenvalue weighted by Gasteiger charge is -2.31. The molecule has 0 bridgehead atoms. The molecule has 0 fully saturated rings. The van der Waals surface area contributed by atoms with E-state index in [1.165, 1.54) is 11.3 Å². The van der Waals surface area contributed by atoms with Crippen LogP contribution < -0.4 is 4.90 Å². The number of aliphatic hydroxyl groups is 1. The van der Waals surface area contributed by atoms with Crippen molar-refractivity contribution in [1.82, 2.24) is 4.98 Å². The van der Waals surface area contributed by atoms with Gasteiger partial charge in [0.05, 0.1) is 0 Å². The minimum atomic E-state index is -0.643. The van der Waals surface area contributed by atoms with Crippen LogP contribution in [0.15, 0.2) is 66.9 Å². The number of anilines is 2. The van der Waals surface area contributed by atoms with E-state index in [-0.39, 0.29) is 0 Å². The van der Waals surface area contributed by atoms with Gasteiger partial charge >= 0.3 is 0 Å². The van der Waals surface area contributed by atoms with Crippen LogP contribution in [0.3, 0.4) is 0 Å². The average Bonchev–Trinajstić information content (AvgIpc) is 2.68. The Balaban J connectivity index is 1.68. The number of para-hydroxylation sites is 1. The van der Waals surface area contributed by atoms with Crippen LogP contribution in [0.1, 0.15) is 34.8 Å². The van der Waals surface area contributed by atoms with Crippen LogP contribution in [0, 0.1) is 6.92 Å². The molecule has 25 heavy (non-hydrogen) atoms. The van der Waals surface area contributed by atoms with Gasteiger partial charge in [-0.3, -0.25) is 0 Å². The Morgan fingerprint density at radius 1 is 1.00 bits per heavy atom. The van der Waals surface area contributed by atoms with E-state index in [1.807, 2.05) is 30.3 Å². The first-order valence-electron chi connectivity index (χ1n) is 8.79.